The lowest BCUT2D eigenvalue weighted by Gasteiger charge is -2.32. The van der Waals surface area contributed by atoms with E-state index in [1.807, 2.05) is 18.3 Å². The Hall–Kier alpha value is -2.76. The number of aromatic nitrogens is 1. The highest BCUT2D eigenvalue weighted by atomic mass is 16.7. The Labute approximate surface area is 146 Å². The third-order valence-corrected chi connectivity index (χ3v) is 4.65. The Morgan fingerprint density at radius 2 is 2.12 bits per heavy atom. The number of nitrogens with zero attached hydrogens (tertiary/aromatic N) is 2. The van der Waals surface area contributed by atoms with Gasteiger partial charge in [0.25, 0.3) is 5.91 Å². The fraction of sp³-hybridized carbons (Fsp3) is 0.368. The molecule has 1 fully saturated rings. The second-order valence-corrected chi connectivity index (χ2v) is 6.62. The van der Waals surface area contributed by atoms with Crippen molar-refractivity contribution in [1.82, 2.24) is 4.98 Å². The number of nitrogens with one attached hydrogen (secondary N) is 1. The smallest absolute Gasteiger partial charge is 0.256 e. The molecule has 2 aliphatic heterocycles. The maximum atomic E-state index is 12.4. The molecule has 2 aliphatic rings. The van der Waals surface area contributed by atoms with Crippen molar-refractivity contribution in [2.75, 3.05) is 30.1 Å². The van der Waals surface area contributed by atoms with Gasteiger partial charge in [-0.05, 0) is 49.1 Å². The van der Waals surface area contributed by atoms with Crippen LogP contribution in [0.2, 0.25) is 0 Å². The fourth-order valence-electron chi connectivity index (χ4n) is 3.30. The summed E-state index contributed by atoms with van der Waals surface area (Å²) in [5.41, 5.74) is 1.62. The van der Waals surface area contributed by atoms with Crippen molar-refractivity contribution in [1.29, 1.82) is 0 Å². The molecule has 130 valence electrons. The first-order valence-corrected chi connectivity index (χ1v) is 8.61. The maximum absolute atomic E-state index is 12.4. The van der Waals surface area contributed by atoms with Crippen molar-refractivity contribution in [3.05, 3.63) is 42.1 Å². The Balaban J connectivity index is 1.43. The predicted molar refractivity (Wildman–Crippen MR) is 95.4 cm³/mol. The highest BCUT2D eigenvalue weighted by Crippen LogP contribution is 2.32. The molecule has 0 bridgehead atoms. The SMILES string of the molecule is CC1CCCN(c2ccc(NC(=O)c3ccc4c(c3)OCO4)nc2)C1. The minimum absolute atomic E-state index is 0.193. The molecule has 1 unspecified atom stereocenters. The molecule has 0 saturated carbocycles. The van der Waals surface area contributed by atoms with Gasteiger partial charge in [0.05, 0.1) is 11.9 Å². The molecule has 2 aromatic rings. The molecule has 25 heavy (non-hydrogen) atoms. The van der Waals surface area contributed by atoms with E-state index in [0.29, 0.717) is 28.8 Å². The van der Waals surface area contributed by atoms with Crippen LogP contribution < -0.4 is 19.7 Å². The summed E-state index contributed by atoms with van der Waals surface area (Å²) in [7, 11) is 0. The number of anilines is 2. The number of benzene rings is 1. The second kappa shape index (κ2) is 6.63. The maximum Gasteiger partial charge on any atom is 0.256 e. The molecular formula is C19H21N3O3. The standard InChI is InChI=1S/C19H21N3O3/c1-13-3-2-8-22(11-13)15-5-7-18(20-10-15)21-19(23)14-4-6-16-17(9-14)25-12-24-16/h4-7,9-10,13H,2-3,8,11-12H2,1H3,(H,20,21,23). The predicted octanol–water partition coefficient (Wildman–Crippen LogP) is 3.30. The number of hydrogen-bond acceptors (Lipinski definition) is 5. The molecule has 3 heterocycles. The van der Waals surface area contributed by atoms with Crippen molar-refractivity contribution in [2.45, 2.75) is 19.8 Å². The zero-order valence-corrected chi connectivity index (χ0v) is 14.2. The largest absolute Gasteiger partial charge is 0.454 e. The Kier molecular flexibility index (Phi) is 4.17. The van der Waals surface area contributed by atoms with E-state index in [1.54, 1.807) is 18.2 Å². The zero-order valence-electron chi connectivity index (χ0n) is 14.2. The van der Waals surface area contributed by atoms with Crippen LogP contribution in [0.25, 0.3) is 0 Å². The van der Waals surface area contributed by atoms with Crippen molar-refractivity contribution < 1.29 is 14.3 Å². The van der Waals surface area contributed by atoms with E-state index in [-0.39, 0.29) is 12.7 Å². The second-order valence-electron chi connectivity index (χ2n) is 6.62. The van der Waals surface area contributed by atoms with E-state index in [2.05, 4.69) is 22.1 Å². The van der Waals surface area contributed by atoms with Crippen LogP contribution in [-0.2, 0) is 0 Å². The number of rotatable bonds is 3. The number of pyridine rings is 1. The van der Waals surface area contributed by atoms with Gasteiger partial charge in [-0.25, -0.2) is 4.98 Å². The van der Waals surface area contributed by atoms with Crippen LogP contribution in [0, 0.1) is 5.92 Å². The first-order chi connectivity index (χ1) is 12.2. The monoisotopic (exact) mass is 339 g/mol. The first-order valence-electron chi connectivity index (χ1n) is 8.61. The summed E-state index contributed by atoms with van der Waals surface area (Å²) in [4.78, 5) is 19.1. The van der Waals surface area contributed by atoms with E-state index in [9.17, 15) is 4.79 Å². The van der Waals surface area contributed by atoms with Gasteiger partial charge in [-0.15, -0.1) is 0 Å². The highest BCUT2D eigenvalue weighted by Gasteiger charge is 2.18. The molecule has 4 rings (SSSR count). The number of carbonyl (C=O) groups is 1. The zero-order chi connectivity index (χ0) is 17.2. The lowest BCUT2D eigenvalue weighted by Crippen LogP contribution is -2.34. The molecule has 6 heteroatoms. The van der Waals surface area contributed by atoms with E-state index < -0.39 is 0 Å². The van der Waals surface area contributed by atoms with E-state index >= 15 is 0 Å². The number of carbonyl (C=O) groups excluding carboxylic acids is 1. The number of hydrogen-bond donors (Lipinski definition) is 1. The van der Waals surface area contributed by atoms with Crippen LogP contribution in [0.5, 0.6) is 11.5 Å². The summed E-state index contributed by atoms with van der Waals surface area (Å²) < 4.78 is 10.6. The van der Waals surface area contributed by atoms with Gasteiger partial charge in [-0.3, -0.25) is 4.79 Å². The molecule has 1 amide bonds. The summed E-state index contributed by atoms with van der Waals surface area (Å²) in [5.74, 6) is 2.28. The molecule has 1 aromatic carbocycles. The van der Waals surface area contributed by atoms with Gasteiger partial charge in [0.1, 0.15) is 5.82 Å². The van der Waals surface area contributed by atoms with Gasteiger partial charge in [0.2, 0.25) is 6.79 Å². The topological polar surface area (TPSA) is 63.7 Å². The van der Waals surface area contributed by atoms with Gasteiger partial charge in [-0.2, -0.15) is 0 Å². The van der Waals surface area contributed by atoms with Gasteiger partial charge in [-0.1, -0.05) is 6.92 Å². The van der Waals surface area contributed by atoms with Crippen molar-refractivity contribution in [2.24, 2.45) is 5.92 Å². The highest BCUT2D eigenvalue weighted by molar-refractivity contribution is 6.04. The number of amides is 1. The summed E-state index contributed by atoms with van der Waals surface area (Å²) in [5, 5.41) is 2.82. The average Bonchev–Trinajstić information content (AvgIpc) is 3.10. The summed E-state index contributed by atoms with van der Waals surface area (Å²) in [6.45, 7) is 4.59. The third kappa shape index (κ3) is 3.38. The molecule has 1 atom stereocenters. The number of ether oxygens (including phenoxy) is 2. The van der Waals surface area contributed by atoms with Crippen molar-refractivity contribution in [3.8, 4) is 11.5 Å². The van der Waals surface area contributed by atoms with Crippen molar-refractivity contribution >= 4 is 17.4 Å². The van der Waals surface area contributed by atoms with Gasteiger partial charge >= 0.3 is 0 Å². The Bertz CT molecular complexity index is 776. The lowest BCUT2D eigenvalue weighted by molar-refractivity contribution is 0.102. The molecule has 0 radical (unpaired) electrons. The molecule has 6 nitrogen and oxygen atoms in total. The average molecular weight is 339 g/mol. The Morgan fingerprint density at radius 1 is 1.24 bits per heavy atom. The minimum atomic E-state index is -0.217. The van der Waals surface area contributed by atoms with Crippen LogP contribution in [0.4, 0.5) is 11.5 Å². The Morgan fingerprint density at radius 3 is 2.92 bits per heavy atom. The van der Waals surface area contributed by atoms with Crippen LogP contribution in [-0.4, -0.2) is 30.8 Å². The van der Waals surface area contributed by atoms with E-state index in [1.165, 1.54) is 12.8 Å². The molecule has 1 N–H and O–H groups in total. The number of piperidine rings is 1. The summed E-state index contributed by atoms with van der Waals surface area (Å²) in [6, 6.07) is 9.00. The van der Waals surface area contributed by atoms with Crippen LogP contribution in [0.3, 0.4) is 0 Å². The quantitative estimate of drug-likeness (QED) is 0.929. The minimum Gasteiger partial charge on any atom is -0.454 e. The molecule has 0 aliphatic carbocycles. The fourth-order valence-corrected chi connectivity index (χ4v) is 3.30. The summed E-state index contributed by atoms with van der Waals surface area (Å²) >= 11 is 0. The third-order valence-electron chi connectivity index (χ3n) is 4.65. The van der Waals surface area contributed by atoms with Gasteiger partial charge < -0.3 is 19.7 Å². The lowest BCUT2D eigenvalue weighted by atomic mass is 10.00. The normalized spacial score (nSPS) is 18.9. The molecular weight excluding hydrogens is 318 g/mol. The molecule has 1 aromatic heterocycles. The van der Waals surface area contributed by atoms with E-state index in [0.717, 1.165) is 18.8 Å². The molecule has 0 spiro atoms. The van der Waals surface area contributed by atoms with Crippen LogP contribution >= 0.6 is 0 Å². The number of fused-ring (bicyclic) bond motifs is 1. The van der Waals surface area contributed by atoms with Crippen molar-refractivity contribution in [3.63, 3.8) is 0 Å². The van der Waals surface area contributed by atoms with Crippen LogP contribution in [0.1, 0.15) is 30.1 Å². The van der Waals surface area contributed by atoms with Crippen LogP contribution in [0.15, 0.2) is 36.5 Å². The first kappa shape index (κ1) is 15.7. The van der Waals surface area contributed by atoms with Gasteiger partial charge in [0.15, 0.2) is 11.5 Å². The summed E-state index contributed by atoms with van der Waals surface area (Å²) in [6.07, 6.45) is 4.32. The van der Waals surface area contributed by atoms with E-state index in [4.69, 9.17) is 9.47 Å². The molecule has 1 saturated heterocycles. The van der Waals surface area contributed by atoms with Gasteiger partial charge in [0, 0.05) is 18.7 Å².